The highest BCUT2D eigenvalue weighted by Crippen LogP contribution is 2.37. The Labute approximate surface area is 100 Å². The number of hydrogen-bond acceptors (Lipinski definition) is 3. The molecule has 0 unspecified atom stereocenters. The first kappa shape index (κ1) is 10.5. The lowest BCUT2D eigenvalue weighted by molar-refractivity contribution is -0.132. The van der Waals surface area contributed by atoms with Crippen LogP contribution in [0.15, 0.2) is 48.3 Å². The monoisotopic (exact) mass is 230 g/mol. The van der Waals surface area contributed by atoms with E-state index in [9.17, 15) is 4.79 Å². The normalized spacial score (nSPS) is 41.0. The van der Waals surface area contributed by atoms with Crippen LogP contribution in [0.25, 0.3) is 0 Å². The Bertz CT molecular complexity index is 456. The van der Waals surface area contributed by atoms with Gasteiger partial charge in [0.1, 0.15) is 5.76 Å². The van der Waals surface area contributed by atoms with Crippen molar-refractivity contribution in [3.05, 3.63) is 48.3 Å². The quantitative estimate of drug-likeness (QED) is 0.647. The van der Waals surface area contributed by atoms with Gasteiger partial charge in [0, 0.05) is 12.0 Å². The van der Waals surface area contributed by atoms with E-state index in [1.807, 2.05) is 18.2 Å². The van der Waals surface area contributed by atoms with Gasteiger partial charge in [0.15, 0.2) is 0 Å². The summed E-state index contributed by atoms with van der Waals surface area (Å²) in [6, 6.07) is 0. The SMILES string of the molecule is C[C@H]1[C@@H](/C=C2/C=CC(=O)O2)[C@@H]2C=CC=C[C@H]1O2. The second-order valence-electron chi connectivity index (χ2n) is 4.60. The Hall–Kier alpha value is -1.61. The molecule has 0 radical (unpaired) electrons. The molecule has 4 atom stereocenters. The highest BCUT2D eigenvalue weighted by molar-refractivity contribution is 5.86. The zero-order valence-corrected chi connectivity index (χ0v) is 9.58. The van der Waals surface area contributed by atoms with Gasteiger partial charge in [-0.1, -0.05) is 31.2 Å². The molecule has 0 N–H and O–H groups in total. The molecule has 1 saturated heterocycles. The fourth-order valence-corrected chi connectivity index (χ4v) is 2.52. The van der Waals surface area contributed by atoms with E-state index >= 15 is 0 Å². The average molecular weight is 230 g/mol. The highest BCUT2D eigenvalue weighted by Gasteiger charge is 2.39. The van der Waals surface area contributed by atoms with E-state index in [0.29, 0.717) is 11.7 Å². The molecule has 0 aliphatic carbocycles. The molecule has 0 spiro atoms. The van der Waals surface area contributed by atoms with Gasteiger partial charge in [0.2, 0.25) is 0 Å². The van der Waals surface area contributed by atoms with Crippen molar-refractivity contribution in [2.45, 2.75) is 19.1 Å². The van der Waals surface area contributed by atoms with Crippen molar-refractivity contribution in [2.75, 3.05) is 0 Å². The van der Waals surface area contributed by atoms with Crippen molar-refractivity contribution in [1.29, 1.82) is 0 Å². The Morgan fingerprint density at radius 3 is 2.65 bits per heavy atom. The molecule has 3 heteroatoms. The highest BCUT2D eigenvalue weighted by atomic mass is 16.5. The molecule has 0 saturated carbocycles. The lowest BCUT2D eigenvalue weighted by atomic mass is 9.86. The summed E-state index contributed by atoms with van der Waals surface area (Å²) in [5.41, 5.74) is 0. The number of hydrogen-bond donors (Lipinski definition) is 0. The van der Waals surface area contributed by atoms with Gasteiger partial charge in [-0.15, -0.1) is 0 Å². The van der Waals surface area contributed by atoms with Crippen molar-refractivity contribution in [2.24, 2.45) is 11.8 Å². The van der Waals surface area contributed by atoms with Crippen LogP contribution in [0.1, 0.15) is 6.92 Å². The summed E-state index contributed by atoms with van der Waals surface area (Å²) >= 11 is 0. The molecule has 1 fully saturated rings. The van der Waals surface area contributed by atoms with Crippen LogP contribution in [0.5, 0.6) is 0 Å². The number of ether oxygens (including phenoxy) is 2. The van der Waals surface area contributed by atoms with Gasteiger partial charge in [-0.25, -0.2) is 4.79 Å². The Kier molecular flexibility index (Phi) is 2.48. The lowest BCUT2D eigenvalue weighted by Crippen LogP contribution is -2.17. The molecule has 0 aromatic rings. The van der Waals surface area contributed by atoms with Crippen molar-refractivity contribution in [3.8, 4) is 0 Å². The zero-order chi connectivity index (χ0) is 11.8. The van der Waals surface area contributed by atoms with E-state index in [0.717, 1.165) is 0 Å². The third-order valence-electron chi connectivity index (χ3n) is 3.49. The predicted octanol–water partition coefficient (Wildman–Crippen LogP) is 2.13. The van der Waals surface area contributed by atoms with Crippen molar-refractivity contribution < 1.29 is 14.3 Å². The smallest absolute Gasteiger partial charge is 0.336 e. The molecule has 17 heavy (non-hydrogen) atoms. The summed E-state index contributed by atoms with van der Waals surface area (Å²) in [4.78, 5) is 11.0. The van der Waals surface area contributed by atoms with E-state index in [2.05, 4.69) is 19.1 Å². The Morgan fingerprint density at radius 2 is 1.94 bits per heavy atom. The minimum atomic E-state index is -0.293. The average Bonchev–Trinajstić information content (AvgIpc) is 2.73. The minimum Gasteiger partial charge on any atom is -0.424 e. The van der Waals surface area contributed by atoms with Gasteiger partial charge >= 0.3 is 5.97 Å². The van der Waals surface area contributed by atoms with E-state index in [-0.39, 0.29) is 24.1 Å². The topological polar surface area (TPSA) is 35.5 Å². The van der Waals surface area contributed by atoms with Crippen LogP contribution in [0.2, 0.25) is 0 Å². The van der Waals surface area contributed by atoms with E-state index < -0.39 is 0 Å². The maximum absolute atomic E-state index is 11.0. The molecule has 3 rings (SSSR count). The van der Waals surface area contributed by atoms with Crippen molar-refractivity contribution >= 4 is 5.97 Å². The number of cyclic esters (lactones) is 1. The van der Waals surface area contributed by atoms with Crippen LogP contribution in [0.3, 0.4) is 0 Å². The number of esters is 1. The Balaban J connectivity index is 1.84. The van der Waals surface area contributed by atoms with Crippen LogP contribution < -0.4 is 0 Å². The first-order valence-electron chi connectivity index (χ1n) is 5.86. The van der Waals surface area contributed by atoms with Gasteiger partial charge in [-0.2, -0.15) is 0 Å². The molecule has 3 aliphatic rings. The first-order chi connectivity index (χ1) is 8.24. The number of carbonyl (C=O) groups is 1. The predicted molar refractivity (Wildman–Crippen MR) is 62.9 cm³/mol. The van der Waals surface area contributed by atoms with E-state index in [1.165, 1.54) is 6.08 Å². The van der Waals surface area contributed by atoms with Crippen molar-refractivity contribution in [3.63, 3.8) is 0 Å². The summed E-state index contributed by atoms with van der Waals surface area (Å²) in [7, 11) is 0. The molecule has 0 aromatic carbocycles. The molecule has 0 aromatic heterocycles. The lowest BCUT2D eigenvalue weighted by Gasteiger charge is -2.15. The second kappa shape index (κ2) is 4.00. The molecule has 3 heterocycles. The van der Waals surface area contributed by atoms with Crippen LogP contribution in [-0.2, 0) is 14.3 Å². The summed E-state index contributed by atoms with van der Waals surface area (Å²) in [5, 5.41) is 0. The van der Waals surface area contributed by atoms with Gasteiger partial charge in [-0.3, -0.25) is 0 Å². The van der Waals surface area contributed by atoms with Crippen LogP contribution in [0, 0.1) is 11.8 Å². The third-order valence-corrected chi connectivity index (χ3v) is 3.49. The molecular formula is C14H14O3. The number of fused-ring (bicyclic) bond motifs is 2. The second-order valence-corrected chi connectivity index (χ2v) is 4.60. The zero-order valence-electron chi connectivity index (χ0n) is 9.58. The maximum atomic E-state index is 11.0. The van der Waals surface area contributed by atoms with Gasteiger partial charge in [0.25, 0.3) is 0 Å². The molecule has 3 nitrogen and oxygen atoms in total. The summed E-state index contributed by atoms with van der Waals surface area (Å²) in [5.74, 6) is 0.991. The summed E-state index contributed by atoms with van der Waals surface area (Å²) < 4.78 is 11.0. The largest absolute Gasteiger partial charge is 0.424 e. The first-order valence-corrected chi connectivity index (χ1v) is 5.86. The number of rotatable bonds is 1. The van der Waals surface area contributed by atoms with Crippen molar-refractivity contribution in [1.82, 2.24) is 0 Å². The Morgan fingerprint density at radius 1 is 1.18 bits per heavy atom. The van der Waals surface area contributed by atoms with Gasteiger partial charge in [-0.05, 0) is 18.1 Å². The number of carbonyl (C=O) groups excluding carboxylic acids is 1. The minimum absolute atomic E-state index is 0.0743. The maximum Gasteiger partial charge on any atom is 0.336 e. The van der Waals surface area contributed by atoms with E-state index in [4.69, 9.17) is 9.47 Å². The van der Waals surface area contributed by atoms with Crippen LogP contribution >= 0.6 is 0 Å². The molecule has 88 valence electrons. The fraction of sp³-hybridized carbons (Fsp3) is 0.357. The van der Waals surface area contributed by atoms with Crippen LogP contribution in [-0.4, -0.2) is 18.2 Å². The van der Waals surface area contributed by atoms with E-state index in [1.54, 1.807) is 6.08 Å². The van der Waals surface area contributed by atoms with Gasteiger partial charge in [0.05, 0.1) is 12.2 Å². The fourth-order valence-electron chi connectivity index (χ4n) is 2.52. The summed E-state index contributed by atoms with van der Waals surface area (Å²) in [6.07, 6.45) is 13.6. The molecule has 0 amide bonds. The van der Waals surface area contributed by atoms with Crippen LogP contribution in [0.4, 0.5) is 0 Å². The number of allylic oxidation sites excluding steroid dienone is 3. The third kappa shape index (κ3) is 1.87. The summed E-state index contributed by atoms with van der Waals surface area (Å²) in [6.45, 7) is 2.16. The standard InChI is InChI=1S/C14H14O3/c1-9-11(8-10-6-7-14(15)16-10)13-5-3-2-4-12(9)17-13/h2-9,11-13H,1H3/b10-8-/t9-,11+,12+,13-/m0/s1. The van der Waals surface area contributed by atoms with Gasteiger partial charge < -0.3 is 9.47 Å². The molecular weight excluding hydrogens is 216 g/mol. The molecule has 2 bridgehead atoms. The molecule has 3 aliphatic heterocycles.